The van der Waals surface area contributed by atoms with E-state index in [0.29, 0.717) is 37.6 Å². The molecule has 160 valence electrons. The van der Waals surface area contributed by atoms with Gasteiger partial charge < -0.3 is 10.1 Å². The molecule has 7 heteroatoms. The highest BCUT2D eigenvalue weighted by atomic mass is 32.2. The Balaban J connectivity index is 1.53. The first-order chi connectivity index (χ1) is 15.0. The second-order valence-electron chi connectivity index (χ2n) is 7.57. The van der Waals surface area contributed by atoms with Crippen molar-refractivity contribution in [1.82, 2.24) is 9.29 Å². The molecular weight excluding hydrogens is 410 g/mol. The zero-order valence-corrected chi connectivity index (χ0v) is 18.2. The summed E-state index contributed by atoms with van der Waals surface area (Å²) in [4.78, 5) is 15.3. The Hall–Kier alpha value is -3.16. The number of hydrogen-bond donors (Lipinski definition) is 1. The zero-order valence-electron chi connectivity index (χ0n) is 17.4. The molecule has 1 aromatic heterocycles. The number of rotatable bonds is 7. The first kappa shape index (κ1) is 21.1. The minimum atomic E-state index is -2.86. The van der Waals surface area contributed by atoms with Gasteiger partial charge in [-0.05, 0) is 65.7 Å². The fraction of sp³-hybridized carbons (Fsp3) is 0.208. The van der Waals surface area contributed by atoms with E-state index in [1.807, 2.05) is 42.5 Å². The normalized spacial score (nSPS) is 15.5. The molecule has 0 saturated heterocycles. The molecule has 0 fully saturated rings. The van der Waals surface area contributed by atoms with Crippen molar-refractivity contribution in [3.8, 4) is 5.88 Å². The number of carbonyl (C=O) groups excluding carboxylic acids is 1. The summed E-state index contributed by atoms with van der Waals surface area (Å²) in [7, 11) is -2.86. The first-order valence-corrected chi connectivity index (χ1v) is 11.8. The van der Waals surface area contributed by atoms with Crippen molar-refractivity contribution in [2.75, 3.05) is 11.9 Å². The van der Waals surface area contributed by atoms with Gasteiger partial charge in [-0.15, -0.1) is 0 Å². The fourth-order valence-corrected chi connectivity index (χ4v) is 4.55. The zero-order chi connectivity index (χ0) is 21.8. The van der Waals surface area contributed by atoms with Crippen LogP contribution in [0.25, 0.3) is 0 Å². The SMILES string of the molecule is C=S(=O)(C=O)N1CCc2c(cccc2Nc2ccc(C)c(COc3ccccn3)c2)C1. The van der Waals surface area contributed by atoms with Crippen LogP contribution in [0.3, 0.4) is 0 Å². The highest BCUT2D eigenvalue weighted by molar-refractivity contribution is 8.10. The second kappa shape index (κ2) is 8.91. The van der Waals surface area contributed by atoms with E-state index in [0.717, 1.165) is 28.1 Å². The van der Waals surface area contributed by atoms with E-state index in [2.05, 4.69) is 35.2 Å². The maximum absolute atomic E-state index is 12.3. The van der Waals surface area contributed by atoms with Crippen LogP contribution in [-0.4, -0.2) is 31.5 Å². The van der Waals surface area contributed by atoms with Gasteiger partial charge in [0.05, 0.1) is 9.71 Å². The van der Waals surface area contributed by atoms with Crippen molar-refractivity contribution >= 4 is 32.6 Å². The van der Waals surface area contributed by atoms with Crippen molar-refractivity contribution < 1.29 is 13.7 Å². The Morgan fingerprint density at radius 2 is 2.10 bits per heavy atom. The number of pyridine rings is 1. The molecular formula is C24H25N3O3S. The first-order valence-electron chi connectivity index (χ1n) is 10.0. The maximum atomic E-state index is 12.3. The van der Waals surface area contributed by atoms with E-state index in [1.165, 1.54) is 5.56 Å². The van der Waals surface area contributed by atoms with E-state index in [1.54, 1.807) is 10.5 Å². The largest absolute Gasteiger partial charge is 0.473 e. The predicted octanol–water partition coefficient (Wildman–Crippen LogP) is 3.89. The molecule has 1 N–H and O–H groups in total. The Bertz CT molecular complexity index is 1190. The molecule has 2 heterocycles. The molecule has 0 spiro atoms. The smallest absolute Gasteiger partial charge is 0.213 e. The molecule has 0 radical (unpaired) electrons. The van der Waals surface area contributed by atoms with Crippen LogP contribution < -0.4 is 10.1 Å². The van der Waals surface area contributed by atoms with Crippen LogP contribution in [0.5, 0.6) is 5.88 Å². The summed E-state index contributed by atoms with van der Waals surface area (Å²) in [6.45, 7) is 3.47. The molecule has 31 heavy (non-hydrogen) atoms. The van der Waals surface area contributed by atoms with Crippen molar-refractivity contribution in [3.63, 3.8) is 0 Å². The number of aryl methyl sites for hydroxylation is 1. The van der Waals surface area contributed by atoms with Crippen molar-refractivity contribution in [3.05, 3.63) is 83.0 Å². The Morgan fingerprint density at radius 1 is 1.23 bits per heavy atom. The lowest BCUT2D eigenvalue weighted by atomic mass is 9.98. The minimum absolute atomic E-state index is 0.434. The van der Waals surface area contributed by atoms with Crippen LogP contribution in [0.1, 0.15) is 22.3 Å². The summed E-state index contributed by atoms with van der Waals surface area (Å²) < 4.78 is 19.8. The third kappa shape index (κ3) is 4.78. The Labute approximate surface area is 183 Å². The van der Waals surface area contributed by atoms with E-state index in [4.69, 9.17) is 4.74 Å². The van der Waals surface area contributed by atoms with Gasteiger partial charge >= 0.3 is 0 Å². The van der Waals surface area contributed by atoms with Gasteiger partial charge in [0.2, 0.25) is 11.5 Å². The molecule has 0 bridgehead atoms. The van der Waals surface area contributed by atoms with Crippen LogP contribution in [0.15, 0.2) is 60.8 Å². The van der Waals surface area contributed by atoms with Gasteiger partial charge in [-0.25, -0.2) is 13.5 Å². The number of aromatic nitrogens is 1. The van der Waals surface area contributed by atoms with Gasteiger partial charge in [-0.1, -0.05) is 24.3 Å². The third-order valence-corrected chi connectivity index (χ3v) is 6.95. The number of fused-ring (bicyclic) bond motifs is 1. The molecule has 1 aliphatic rings. The summed E-state index contributed by atoms with van der Waals surface area (Å²) in [5.74, 6) is 4.18. The average molecular weight is 436 g/mol. The topological polar surface area (TPSA) is 71.5 Å². The monoisotopic (exact) mass is 435 g/mol. The average Bonchev–Trinajstić information content (AvgIpc) is 2.80. The summed E-state index contributed by atoms with van der Waals surface area (Å²) in [5, 5.41) is 3.52. The maximum Gasteiger partial charge on any atom is 0.213 e. The van der Waals surface area contributed by atoms with Crippen LogP contribution in [-0.2, 0) is 34.1 Å². The molecule has 2 aromatic carbocycles. The van der Waals surface area contributed by atoms with Crippen molar-refractivity contribution in [2.45, 2.75) is 26.5 Å². The number of nitrogens with one attached hydrogen (secondary N) is 1. The number of carbonyl (C=O) groups is 1. The molecule has 0 amide bonds. The molecule has 0 saturated carbocycles. The quantitative estimate of drug-likeness (QED) is 0.450. The van der Waals surface area contributed by atoms with Gasteiger partial charge in [0.1, 0.15) is 6.61 Å². The second-order valence-corrected chi connectivity index (χ2v) is 9.65. The van der Waals surface area contributed by atoms with Crippen molar-refractivity contribution in [2.24, 2.45) is 0 Å². The van der Waals surface area contributed by atoms with Gasteiger partial charge in [0, 0.05) is 36.7 Å². The lowest BCUT2D eigenvalue weighted by molar-refractivity contribution is 0.293. The number of nitrogens with zero attached hydrogens (tertiary/aromatic N) is 2. The molecule has 4 rings (SSSR count). The molecule has 1 unspecified atom stereocenters. The number of benzene rings is 2. The van der Waals surface area contributed by atoms with Gasteiger partial charge in [0.25, 0.3) is 0 Å². The standard InChI is InChI=1S/C24H25N3O3S/c1-18-9-10-21(14-20(18)16-30-24-8-3-4-12-25-24)26-23-7-5-6-19-15-27(13-11-22(19)23)31(2,29)17-28/h3-10,12,14,17,26H,2,11,13,15-16H2,1H3. The Morgan fingerprint density at radius 3 is 2.87 bits per heavy atom. The lowest BCUT2D eigenvalue weighted by Crippen LogP contribution is -2.36. The lowest BCUT2D eigenvalue weighted by Gasteiger charge is -2.30. The minimum Gasteiger partial charge on any atom is -0.473 e. The van der Waals surface area contributed by atoms with Gasteiger partial charge in [-0.2, -0.15) is 0 Å². The van der Waals surface area contributed by atoms with Gasteiger partial charge in [0.15, 0.2) is 0 Å². The summed E-state index contributed by atoms with van der Waals surface area (Å²) in [6.07, 6.45) is 2.41. The molecule has 1 aliphatic heterocycles. The van der Waals surface area contributed by atoms with Crippen LogP contribution in [0.2, 0.25) is 0 Å². The molecule has 0 aliphatic carbocycles. The number of ether oxygens (including phenoxy) is 1. The van der Waals surface area contributed by atoms with Crippen LogP contribution >= 0.6 is 0 Å². The van der Waals surface area contributed by atoms with E-state index < -0.39 is 9.71 Å². The predicted molar refractivity (Wildman–Crippen MR) is 126 cm³/mol. The summed E-state index contributed by atoms with van der Waals surface area (Å²) in [6, 6.07) is 17.8. The van der Waals surface area contributed by atoms with E-state index >= 15 is 0 Å². The highest BCUT2D eigenvalue weighted by Crippen LogP contribution is 2.30. The molecule has 6 nitrogen and oxygen atoms in total. The number of anilines is 2. The van der Waals surface area contributed by atoms with E-state index in [-0.39, 0.29) is 0 Å². The van der Waals surface area contributed by atoms with Crippen LogP contribution in [0, 0.1) is 6.92 Å². The molecule has 3 aromatic rings. The highest BCUT2D eigenvalue weighted by Gasteiger charge is 2.23. The summed E-state index contributed by atoms with van der Waals surface area (Å²) >= 11 is 0. The van der Waals surface area contributed by atoms with Crippen molar-refractivity contribution in [1.29, 1.82) is 0 Å². The van der Waals surface area contributed by atoms with E-state index in [9.17, 15) is 9.00 Å². The molecule has 1 atom stereocenters. The third-order valence-electron chi connectivity index (χ3n) is 5.46. The number of hydrogen-bond acceptors (Lipinski definition) is 5. The Kier molecular flexibility index (Phi) is 6.06. The van der Waals surface area contributed by atoms with Gasteiger partial charge in [-0.3, -0.25) is 4.79 Å². The summed E-state index contributed by atoms with van der Waals surface area (Å²) in [5.41, 5.74) is 6.89. The fourth-order valence-electron chi connectivity index (χ4n) is 3.67. The van der Waals surface area contributed by atoms with Crippen LogP contribution in [0.4, 0.5) is 11.4 Å².